The minimum absolute atomic E-state index is 0.340. The summed E-state index contributed by atoms with van der Waals surface area (Å²) in [5.41, 5.74) is 3.03. The van der Waals surface area contributed by atoms with Gasteiger partial charge in [0.25, 0.3) is 0 Å². The number of anilines is 2. The van der Waals surface area contributed by atoms with E-state index in [2.05, 4.69) is 10.6 Å². The molecule has 0 aromatic heterocycles. The van der Waals surface area contributed by atoms with Crippen molar-refractivity contribution in [1.82, 2.24) is 5.32 Å². The van der Waals surface area contributed by atoms with Crippen LogP contribution in [0.1, 0.15) is 17.5 Å². The molecule has 3 rings (SSSR count). The lowest BCUT2D eigenvalue weighted by Crippen LogP contribution is -2.34. The van der Waals surface area contributed by atoms with E-state index < -0.39 is 10.0 Å². The number of hydrogen-bond acceptors (Lipinski definition) is 3. The van der Waals surface area contributed by atoms with Gasteiger partial charge in [-0.25, -0.2) is 13.2 Å². The second kappa shape index (κ2) is 7.55. The first-order valence-electron chi connectivity index (χ1n) is 8.23. The van der Waals surface area contributed by atoms with Gasteiger partial charge in [0.05, 0.1) is 11.9 Å². The molecule has 8 heteroatoms. The third-order valence-electron chi connectivity index (χ3n) is 4.16. The third kappa shape index (κ3) is 4.47. The van der Waals surface area contributed by atoms with E-state index >= 15 is 0 Å². The van der Waals surface area contributed by atoms with Crippen LogP contribution in [0.25, 0.3) is 0 Å². The molecule has 0 unspecified atom stereocenters. The van der Waals surface area contributed by atoms with E-state index in [1.165, 1.54) is 10.6 Å². The van der Waals surface area contributed by atoms with E-state index in [9.17, 15) is 13.2 Å². The molecule has 1 aliphatic heterocycles. The zero-order chi connectivity index (χ0) is 18.7. The molecule has 2 aromatic carbocycles. The highest BCUT2D eigenvalue weighted by Gasteiger charge is 2.24. The molecule has 6 nitrogen and oxygen atoms in total. The molecule has 1 heterocycles. The normalized spacial score (nSPS) is 13.8. The first-order valence-corrected chi connectivity index (χ1v) is 10.5. The van der Waals surface area contributed by atoms with E-state index in [0.717, 1.165) is 24.0 Å². The van der Waals surface area contributed by atoms with Crippen molar-refractivity contribution in [2.45, 2.75) is 19.4 Å². The van der Waals surface area contributed by atoms with Crippen LogP contribution in [0.3, 0.4) is 0 Å². The van der Waals surface area contributed by atoms with Crippen molar-refractivity contribution >= 4 is 39.0 Å². The van der Waals surface area contributed by atoms with Crippen LogP contribution in [0.2, 0.25) is 5.02 Å². The summed E-state index contributed by atoms with van der Waals surface area (Å²) >= 11 is 5.93. The summed E-state index contributed by atoms with van der Waals surface area (Å²) in [7, 11) is -3.34. The molecule has 0 bridgehead atoms. The molecule has 0 aliphatic carbocycles. The molecular weight excluding hydrogens is 374 g/mol. The maximum absolute atomic E-state index is 12.1. The van der Waals surface area contributed by atoms with Gasteiger partial charge in [0.1, 0.15) is 0 Å². The van der Waals surface area contributed by atoms with Crippen molar-refractivity contribution in [3.8, 4) is 0 Å². The van der Waals surface area contributed by atoms with Crippen LogP contribution in [-0.2, 0) is 23.0 Å². The Balaban J connectivity index is 1.69. The summed E-state index contributed by atoms with van der Waals surface area (Å²) in [6, 6.07) is 12.2. The lowest BCUT2D eigenvalue weighted by Gasteiger charge is -2.29. The SMILES string of the molecule is CS(=O)(=O)N1CCCc2ccc(NC(=O)NCc3cccc(Cl)c3)cc21. The van der Waals surface area contributed by atoms with Gasteiger partial charge in [-0.3, -0.25) is 4.31 Å². The Bertz CT molecular complexity index is 931. The second-order valence-corrected chi connectivity index (χ2v) is 8.56. The topological polar surface area (TPSA) is 78.5 Å². The van der Waals surface area contributed by atoms with Crippen molar-refractivity contribution in [2.24, 2.45) is 0 Å². The first kappa shape index (κ1) is 18.5. The highest BCUT2D eigenvalue weighted by molar-refractivity contribution is 7.92. The summed E-state index contributed by atoms with van der Waals surface area (Å²) in [4.78, 5) is 12.1. The standard InChI is InChI=1S/C18H20ClN3O3S/c1-26(24,25)22-9-3-5-14-7-8-16(11-17(14)22)21-18(23)20-12-13-4-2-6-15(19)10-13/h2,4,6-8,10-11H,3,5,9,12H2,1H3,(H2,20,21,23). The minimum Gasteiger partial charge on any atom is -0.334 e. The average molecular weight is 394 g/mol. The molecule has 2 aromatic rings. The van der Waals surface area contributed by atoms with Crippen LogP contribution in [0.15, 0.2) is 42.5 Å². The summed E-state index contributed by atoms with van der Waals surface area (Å²) in [6.07, 6.45) is 2.80. The molecule has 2 N–H and O–H groups in total. The predicted molar refractivity (Wildman–Crippen MR) is 104 cm³/mol. The number of sulfonamides is 1. The van der Waals surface area contributed by atoms with Crippen LogP contribution < -0.4 is 14.9 Å². The molecule has 26 heavy (non-hydrogen) atoms. The Hall–Kier alpha value is -2.25. The first-order chi connectivity index (χ1) is 12.3. The van der Waals surface area contributed by atoms with Crippen LogP contribution in [0.5, 0.6) is 0 Å². The van der Waals surface area contributed by atoms with Gasteiger partial charge in [-0.15, -0.1) is 0 Å². The van der Waals surface area contributed by atoms with E-state index in [0.29, 0.717) is 29.5 Å². The third-order valence-corrected chi connectivity index (χ3v) is 5.58. The summed E-state index contributed by atoms with van der Waals surface area (Å²) in [5.74, 6) is 0. The molecule has 2 amide bonds. The molecule has 0 saturated heterocycles. The van der Waals surface area contributed by atoms with Gasteiger partial charge in [-0.2, -0.15) is 0 Å². The highest BCUT2D eigenvalue weighted by Crippen LogP contribution is 2.31. The van der Waals surface area contributed by atoms with Gasteiger partial charge in [-0.05, 0) is 48.2 Å². The summed E-state index contributed by atoms with van der Waals surface area (Å²) in [5, 5.41) is 6.11. The average Bonchev–Trinajstić information content (AvgIpc) is 2.58. The maximum Gasteiger partial charge on any atom is 0.319 e. The molecule has 0 radical (unpaired) electrons. The Morgan fingerprint density at radius 3 is 2.77 bits per heavy atom. The predicted octanol–water partition coefficient (Wildman–Crippen LogP) is 3.37. The number of fused-ring (bicyclic) bond motifs is 1. The summed E-state index contributed by atoms with van der Waals surface area (Å²) in [6.45, 7) is 0.795. The van der Waals surface area contributed by atoms with E-state index in [1.807, 2.05) is 18.2 Å². The zero-order valence-corrected chi connectivity index (χ0v) is 15.9. The number of rotatable bonds is 4. The van der Waals surface area contributed by atoms with Crippen molar-refractivity contribution in [2.75, 3.05) is 22.4 Å². The molecule has 0 atom stereocenters. The van der Waals surface area contributed by atoms with E-state index in [4.69, 9.17) is 11.6 Å². The number of halogens is 1. The lowest BCUT2D eigenvalue weighted by atomic mass is 10.0. The quantitative estimate of drug-likeness (QED) is 0.835. The fourth-order valence-corrected chi connectivity index (χ4v) is 4.17. The number of carbonyl (C=O) groups is 1. The van der Waals surface area contributed by atoms with Gasteiger partial charge in [-0.1, -0.05) is 29.8 Å². The Kier molecular flexibility index (Phi) is 5.38. The Labute approximate surface area is 158 Å². The molecule has 0 saturated carbocycles. The number of urea groups is 1. The van der Waals surface area contributed by atoms with Crippen LogP contribution in [0, 0.1) is 0 Å². The smallest absolute Gasteiger partial charge is 0.319 e. The molecule has 138 valence electrons. The van der Waals surface area contributed by atoms with Crippen molar-refractivity contribution in [1.29, 1.82) is 0 Å². The molecule has 0 fully saturated rings. The number of nitrogens with one attached hydrogen (secondary N) is 2. The van der Waals surface area contributed by atoms with Crippen molar-refractivity contribution in [3.63, 3.8) is 0 Å². The minimum atomic E-state index is -3.34. The van der Waals surface area contributed by atoms with Crippen molar-refractivity contribution < 1.29 is 13.2 Å². The van der Waals surface area contributed by atoms with Gasteiger partial charge in [0.2, 0.25) is 10.0 Å². The fraction of sp³-hybridized carbons (Fsp3) is 0.278. The monoisotopic (exact) mass is 393 g/mol. The lowest BCUT2D eigenvalue weighted by molar-refractivity contribution is 0.251. The van der Waals surface area contributed by atoms with Gasteiger partial charge < -0.3 is 10.6 Å². The second-order valence-electron chi connectivity index (χ2n) is 6.22. The Morgan fingerprint density at radius 1 is 1.23 bits per heavy atom. The maximum atomic E-state index is 12.1. The fourth-order valence-electron chi connectivity index (χ4n) is 2.97. The van der Waals surface area contributed by atoms with Crippen LogP contribution >= 0.6 is 11.6 Å². The Morgan fingerprint density at radius 2 is 2.04 bits per heavy atom. The largest absolute Gasteiger partial charge is 0.334 e. The number of hydrogen-bond donors (Lipinski definition) is 2. The van der Waals surface area contributed by atoms with Gasteiger partial charge in [0, 0.05) is 23.8 Å². The zero-order valence-electron chi connectivity index (χ0n) is 14.3. The number of amides is 2. The number of benzene rings is 2. The number of nitrogens with zero attached hydrogens (tertiary/aromatic N) is 1. The molecule has 0 spiro atoms. The van der Waals surface area contributed by atoms with Crippen molar-refractivity contribution in [3.05, 3.63) is 58.6 Å². The number of carbonyl (C=O) groups excluding carboxylic acids is 1. The molecular formula is C18H20ClN3O3S. The van der Waals surface area contributed by atoms with E-state index in [-0.39, 0.29) is 6.03 Å². The van der Waals surface area contributed by atoms with Gasteiger partial charge >= 0.3 is 6.03 Å². The highest BCUT2D eigenvalue weighted by atomic mass is 35.5. The van der Waals surface area contributed by atoms with Gasteiger partial charge in [0.15, 0.2) is 0 Å². The van der Waals surface area contributed by atoms with Crippen LogP contribution in [0.4, 0.5) is 16.2 Å². The number of aryl methyl sites for hydroxylation is 1. The van der Waals surface area contributed by atoms with E-state index in [1.54, 1.807) is 24.3 Å². The summed E-state index contributed by atoms with van der Waals surface area (Å²) < 4.78 is 25.4. The van der Waals surface area contributed by atoms with Crippen LogP contribution in [-0.4, -0.2) is 27.2 Å². The molecule has 1 aliphatic rings.